The van der Waals surface area contributed by atoms with Crippen LogP contribution in [0.2, 0.25) is 5.02 Å². The second kappa shape index (κ2) is 13.7. The Labute approximate surface area is 241 Å². The van der Waals surface area contributed by atoms with E-state index >= 15 is 0 Å². The number of carbonyl (C=O) groups is 2. The fourth-order valence-corrected chi connectivity index (χ4v) is 5.59. The minimum Gasteiger partial charge on any atom is -0.497 e. The maximum absolute atomic E-state index is 14.0. The zero-order valence-corrected chi connectivity index (χ0v) is 25.0. The van der Waals surface area contributed by atoms with E-state index in [0.29, 0.717) is 16.5 Å². The van der Waals surface area contributed by atoms with Crippen molar-refractivity contribution in [3.05, 3.63) is 88.9 Å². The fraction of sp³-hybridized carbons (Fsp3) is 0.333. The number of benzene rings is 3. The average Bonchev–Trinajstić information content (AvgIpc) is 2.94. The van der Waals surface area contributed by atoms with Gasteiger partial charge in [0.25, 0.3) is 10.0 Å². The van der Waals surface area contributed by atoms with Gasteiger partial charge in [-0.15, -0.1) is 0 Å². The van der Waals surface area contributed by atoms with Crippen molar-refractivity contribution in [1.29, 1.82) is 0 Å². The van der Waals surface area contributed by atoms with Crippen LogP contribution in [-0.4, -0.2) is 50.9 Å². The first-order valence-corrected chi connectivity index (χ1v) is 14.9. The van der Waals surface area contributed by atoms with Gasteiger partial charge in [-0.25, -0.2) is 8.42 Å². The first-order valence-electron chi connectivity index (χ1n) is 13.0. The molecule has 0 radical (unpaired) electrons. The smallest absolute Gasteiger partial charge is 0.264 e. The molecule has 8 nitrogen and oxygen atoms in total. The summed E-state index contributed by atoms with van der Waals surface area (Å²) >= 11 is 6.00. The zero-order chi connectivity index (χ0) is 29.4. The SMILES string of the molecule is CC[C@@H](C)NC(=O)[C@@H](C)N(Cc1cccc(OC)c1)C(=O)CN(c1cccc(C)c1)S(=O)(=O)c1ccc(Cl)cc1. The van der Waals surface area contributed by atoms with Crippen molar-refractivity contribution in [2.75, 3.05) is 18.0 Å². The molecule has 0 aliphatic rings. The van der Waals surface area contributed by atoms with Crippen LogP contribution in [0.1, 0.15) is 38.3 Å². The molecule has 10 heteroatoms. The van der Waals surface area contributed by atoms with Gasteiger partial charge in [-0.3, -0.25) is 13.9 Å². The van der Waals surface area contributed by atoms with Crippen molar-refractivity contribution < 1.29 is 22.7 Å². The molecule has 3 aromatic carbocycles. The number of halogens is 1. The van der Waals surface area contributed by atoms with Crippen molar-refractivity contribution in [2.45, 2.75) is 57.6 Å². The molecule has 0 heterocycles. The summed E-state index contributed by atoms with van der Waals surface area (Å²) in [5.74, 6) is -0.254. The van der Waals surface area contributed by atoms with Gasteiger partial charge in [-0.1, -0.05) is 42.8 Å². The lowest BCUT2D eigenvalue weighted by Crippen LogP contribution is -2.52. The van der Waals surface area contributed by atoms with Gasteiger partial charge in [0.2, 0.25) is 11.8 Å². The van der Waals surface area contributed by atoms with Crippen LogP contribution in [0.15, 0.2) is 77.7 Å². The number of anilines is 1. The third-order valence-corrected chi connectivity index (χ3v) is 8.67. The van der Waals surface area contributed by atoms with E-state index < -0.39 is 28.5 Å². The van der Waals surface area contributed by atoms with Crippen molar-refractivity contribution in [3.63, 3.8) is 0 Å². The number of rotatable bonds is 12. The van der Waals surface area contributed by atoms with E-state index in [1.807, 2.05) is 32.9 Å². The van der Waals surface area contributed by atoms with Gasteiger partial charge in [-0.2, -0.15) is 0 Å². The van der Waals surface area contributed by atoms with E-state index in [-0.39, 0.29) is 23.4 Å². The van der Waals surface area contributed by atoms with Crippen LogP contribution in [0.5, 0.6) is 5.75 Å². The summed E-state index contributed by atoms with van der Waals surface area (Å²) in [6, 6.07) is 18.9. The maximum atomic E-state index is 14.0. The Hall–Kier alpha value is -3.56. The summed E-state index contributed by atoms with van der Waals surface area (Å²) in [7, 11) is -2.61. The molecule has 3 aromatic rings. The predicted octanol–water partition coefficient (Wildman–Crippen LogP) is 5.18. The number of hydrogen-bond donors (Lipinski definition) is 1. The third kappa shape index (κ3) is 7.76. The quantitative estimate of drug-likeness (QED) is 0.316. The van der Waals surface area contributed by atoms with Crippen LogP contribution in [0.25, 0.3) is 0 Å². The van der Waals surface area contributed by atoms with Crippen LogP contribution in [0.4, 0.5) is 5.69 Å². The topological polar surface area (TPSA) is 96.0 Å². The molecule has 2 amide bonds. The number of methoxy groups -OCH3 is 1. The molecule has 40 heavy (non-hydrogen) atoms. The summed E-state index contributed by atoms with van der Waals surface area (Å²) in [5.41, 5.74) is 1.90. The van der Waals surface area contributed by atoms with Crippen molar-refractivity contribution in [1.82, 2.24) is 10.2 Å². The average molecular weight is 586 g/mol. The Balaban J connectivity index is 2.03. The number of nitrogens with one attached hydrogen (secondary N) is 1. The van der Waals surface area contributed by atoms with E-state index in [1.54, 1.807) is 50.4 Å². The number of ether oxygens (including phenoxy) is 1. The molecule has 0 aromatic heterocycles. The van der Waals surface area contributed by atoms with Gasteiger partial charge in [0.1, 0.15) is 18.3 Å². The predicted molar refractivity (Wildman–Crippen MR) is 158 cm³/mol. The number of nitrogens with zero attached hydrogens (tertiary/aromatic N) is 2. The highest BCUT2D eigenvalue weighted by atomic mass is 35.5. The second-order valence-corrected chi connectivity index (χ2v) is 12.0. The van der Waals surface area contributed by atoms with Crippen LogP contribution in [0, 0.1) is 6.92 Å². The first kappa shape index (κ1) is 31.0. The minimum absolute atomic E-state index is 0.00638. The summed E-state index contributed by atoms with van der Waals surface area (Å²) in [6.45, 7) is 6.88. The van der Waals surface area contributed by atoms with Gasteiger partial charge in [0.15, 0.2) is 0 Å². The van der Waals surface area contributed by atoms with E-state index in [2.05, 4.69) is 5.32 Å². The summed E-state index contributed by atoms with van der Waals surface area (Å²) in [5, 5.41) is 3.32. The normalized spacial score (nSPS) is 12.8. The second-order valence-electron chi connectivity index (χ2n) is 9.67. The number of sulfonamides is 1. The van der Waals surface area contributed by atoms with E-state index in [9.17, 15) is 18.0 Å². The molecular weight excluding hydrogens is 550 g/mol. The van der Waals surface area contributed by atoms with E-state index in [1.165, 1.54) is 29.2 Å². The van der Waals surface area contributed by atoms with Gasteiger partial charge >= 0.3 is 0 Å². The Morgan fingerprint density at radius 2 is 1.68 bits per heavy atom. The van der Waals surface area contributed by atoms with Gasteiger partial charge < -0.3 is 15.0 Å². The molecule has 3 rings (SSSR count). The lowest BCUT2D eigenvalue weighted by Gasteiger charge is -2.32. The number of amides is 2. The van der Waals surface area contributed by atoms with E-state index in [4.69, 9.17) is 16.3 Å². The molecule has 0 aliphatic heterocycles. The molecule has 0 saturated carbocycles. The van der Waals surface area contributed by atoms with Crippen molar-refractivity contribution in [2.24, 2.45) is 0 Å². The number of hydrogen-bond acceptors (Lipinski definition) is 5. The van der Waals surface area contributed by atoms with Crippen LogP contribution in [0.3, 0.4) is 0 Å². The van der Waals surface area contributed by atoms with Crippen molar-refractivity contribution >= 4 is 39.1 Å². The van der Waals surface area contributed by atoms with Gasteiger partial charge in [0, 0.05) is 17.6 Å². The molecule has 0 bridgehead atoms. The Bertz CT molecular complexity index is 1430. The van der Waals surface area contributed by atoms with Crippen LogP contribution >= 0.6 is 11.6 Å². The standard InChI is InChI=1S/C30H36ClN3O5S/c1-6-22(3)32-30(36)23(4)33(19-24-10-8-12-27(18-24)39-5)29(35)20-34(26-11-7-9-21(2)17-26)40(37,38)28-15-13-25(31)14-16-28/h7-18,22-23H,6,19-20H2,1-5H3,(H,32,36)/t22-,23-/m1/s1. The highest BCUT2D eigenvalue weighted by Gasteiger charge is 2.33. The summed E-state index contributed by atoms with van der Waals surface area (Å²) < 4.78 is 34.1. The van der Waals surface area contributed by atoms with Gasteiger partial charge in [-0.05, 0) is 86.8 Å². The largest absolute Gasteiger partial charge is 0.497 e. The monoisotopic (exact) mass is 585 g/mol. The molecule has 0 aliphatic carbocycles. The highest BCUT2D eigenvalue weighted by molar-refractivity contribution is 7.92. The molecule has 0 fully saturated rings. The lowest BCUT2D eigenvalue weighted by molar-refractivity contribution is -0.139. The minimum atomic E-state index is -4.16. The molecule has 0 saturated heterocycles. The molecular formula is C30H36ClN3O5S. The number of aryl methyl sites for hydroxylation is 1. The molecule has 214 valence electrons. The molecule has 0 spiro atoms. The van der Waals surface area contributed by atoms with Crippen molar-refractivity contribution in [3.8, 4) is 5.75 Å². The van der Waals surface area contributed by atoms with Gasteiger partial charge in [0.05, 0.1) is 17.7 Å². The summed E-state index contributed by atoms with van der Waals surface area (Å²) in [4.78, 5) is 28.5. The summed E-state index contributed by atoms with van der Waals surface area (Å²) in [6.07, 6.45) is 0.725. The third-order valence-electron chi connectivity index (χ3n) is 6.63. The zero-order valence-electron chi connectivity index (χ0n) is 23.4. The van der Waals surface area contributed by atoms with Crippen LogP contribution < -0.4 is 14.4 Å². The molecule has 0 unspecified atom stereocenters. The molecule has 1 N–H and O–H groups in total. The maximum Gasteiger partial charge on any atom is 0.264 e. The Kier molecular flexibility index (Phi) is 10.6. The first-order chi connectivity index (χ1) is 19.0. The Morgan fingerprint density at radius 3 is 2.30 bits per heavy atom. The van der Waals surface area contributed by atoms with E-state index in [0.717, 1.165) is 21.9 Å². The lowest BCUT2D eigenvalue weighted by atomic mass is 10.1. The fourth-order valence-electron chi connectivity index (χ4n) is 4.06. The Morgan fingerprint density at radius 1 is 1.00 bits per heavy atom. The number of carbonyl (C=O) groups excluding carboxylic acids is 2. The van der Waals surface area contributed by atoms with Crippen LogP contribution in [-0.2, 0) is 26.2 Å². The highest BCUT2D eigenvalue weighted by Crippen LogP contribution is 2.26. The molecule has 2 atom stereocenters.